The summed E-state index contributed by atoms with van der Waals surface area (Å²) in [6, 6.07) is 8.51. The summed E-state index contributed by atoms with van der Waals surface area (Å²) < 4.78 is 36.7. The number of benzene rings is 2. The average Bonchev–Trinajstić information content (AvgIpc) is 3.56. The van der Waals surface area contributed by atoms with Gasteiger partial charge in [0.25, 0.3) is 0 Å². The second-order valence-electron chi connectivity index (χ2n) is 7.75. The minimum atomic E-state index is -0.673. The van der Waals surface area contributed by atoms with Gasteiger partial charge in [-0.05, 0) is 24.3 Å². The molecule has 1 amide bonds. The molecule has 1 unspecified atom stereocenters. The maximum atomic E-state index is 15.0. The normalized spacial score (nSPS) is 20.0. The molecule has 0 saturated carbocycles. The average molecular weight is 455 g/mol. The number of hydrogen-bond acceptors (Lipinski definition) is 7. The fourth-order valence-electron chi connectivity index (χ4n) is 3.87. The number of aromatic nitrogens is 3. The van der Waals surface area contributed by atoms with Crippen LogP contribution < -0.4 is 4.90 Å². The highest BCUT2D eigenvalue weighted by Gasteiger charge is 2.33. The van der Waals surface area contributed by atoms with Gasteiger partial charge in [-0.3, -0.25) is 4.90 Å². The highest BCUT2D eigenvalue weighted by atomic mass is 19.1. The first-order valence-electron chi connectivity index (χ1n) is 10.3. The molecule has 2 aliphatic rings. The first-order valence-corrected chi connectivity index (χ1v) is 10.3. The number of hydrogen-bond donors (Lipinski definition) is 1. The summed E-state index contributed by atoms with van der Waals surface area (Å²) in [6.45, 7) is 0.367. The molecule has 2 atom stereocenters. The predicted molar refractivity (Wildman–Crippen MR) is 113 cm³/mol. The van der Waals surface area contributed by atoms with E-state index in [0.717, 1.165) is 0 Å². The summed E-state index contributed by atoms with van der Waals surface area (Å²) in [7, 11) is 0. The zero-order valence-corrected chi connectivity index (χ0v) is 17.3. The predicted octanol–water partition coefficient (Wildman–Crippen LogP) is 2.73. The van der Waals surface area contributed by atoms with Crippen LogP contribution in [0.1, 0.15) is 12.0 Å². The monoisotopic (exact) mass is 455 g/mol. The minimum Gasteiger partial charge on any atom is -0.442 e. The lowest BCUT2D eigenvalue weighted by Crippen LogP contribution is -2.26. The van der Waals surface area contributed by atoms with E-state index in [-0.39, 0.29) is 24.3 Å². The molecule has 1 aromatic heterocycles. The third-order valence-electron chi connectivity index (χ3n) is 5.53. The lowest BCUT2D eigenvalue weighted by molar-refractivity contribution is 0.0390. The van der Waals surface area contributed by atoms with Crippen molar-refractivity contribution in [2.45, 2.75) is 25.2 Å². The van der Waals surface area contributed by atoms with E-state index in [1.54, 1.807) is 23.0 Å². The topological polar surface area (TPSA) is 102 Å². The van der Waals surface area contributed by atoms with Gasteiger partial charge in [-0.1, -0.05) is 22.5 Å². The van der Waals surface area contributed by atoms with Gasteiger partial charge in [0, 0.05) is 29.3 Å². The van der Waals surface area contributed by atoms with E-state index in [4.69, 9.17) is 14.7 Å². The van der Waals surface area contributed by atoms with Crippen molar-refractivity contribution in [1.82, 2.24) is 15.0 Å². The maximum absolute atomic E-state index is 15.0. The first-order chi connectivity index (χ1) is 16.0. The number of cyclic esters (lactones) is 1. The standard InChI is InChI=1S/C22H19F2N5O4/c23-19-7-13(21-9-15(12-30)33-26-21)1-3-17(19)18-4-2-14(8-20(18)24)29-11-16(32-22(29)31)10-28-6-5-25-27-28/h1-8,15-16,30H,9-12H2/t15?,16-/m0/s1. The highest BCUT2D eigenvalue weighted by Crippen LogP contribution is 2.31. The Morgan fingerprint density at radius 3 is 2.55 bits per heavy atom. The van der Waals surface area contributed by atoms with E-state index in [2.05, 4.69) is 15.5 Å². The Bertz CT molecular complexity index is 1220. The van der Waals surface area contributed by atoms with Crippen molar-refractivity contribution in [3.8, 4) is 11.1 Å². The van der Waals surface area contributed by atoms with E-state index < -0.39 is 29.9 Å². The number of amides is 1. The molecule has 33 heavy (non-hydrogen) atoms. The number of carbonyl (C=O) groups excluding carboxylic acids is 1. The Morgan fingerprint density at radius 2 is 1.88 bits per heavy atom. The van der Waals surface area contributed by atoms with Crippen LogP contribution in [0.2, 0.25) is 0 Å². The van der Waals surface area contributed by atoms with E-state index in [0.29, 0.717) is 29.9 Å². The quantitative estimate of drug-likeness (QED) is 0.613. The molecular formula is C22H19F2N5O4. The Labute approximate surface area is 186 Å². The van der Waals surface area contributed by atoms with Gasteiger partial charge in [-0.15, -0.1) is 5.10 Å². The van der Waals surface area contributed by atoms with Crippen LogP contribution in [0.25, 0.3) is 11.1 Å². The molecule has 3 heterocycles. The van der Waals surface area contributed by atoms with Crippen molar-refractivity contribution >= 4 is 17.5 Å². The van der Waals surface area contributed by atoms with E-state index in [1.165, 1.54) is 35.4 Å². The first kappa shape index (κ1) is 21.0. The summed E-state index contributed by atoms with van der Waals surface area (Å²) in [6.07, 6.45) is 2.04. The molecule has 170 valence electrons. The fourth-order valence-corrected chi connectivity index (χ4v) is 3.87. The van der Waals surface area contributed by atoms with Crippen LogP contribution in [0.4, 0.5) is 19.3 Å². The van der Waals surface area contributed by atoms with Crippen molar-refractivity contribution < 1.29 is 28.3 Å². The van der Waals surface area contributed by atoms with Crippen LogP contribution >= 0.6 is 0 Å². The molecule has 1 saturated heterocycles. The molecule has 0 aliphatic carbocycles. The molecular weight excluding hydrogens is 436 g/mol. The Hall–Kier alpha value is -3.86. The molecule has 9 nitrogen and oxygen atoms in total. The number of halogens is 2. The van der Waals surface area contributed by atoms with Gasteiger partial charge in [0.2, 0.25) is 0 Å². The lowest BCUT2D eigenvalue weighted by Gasteiger charge is -2.15. The van der Waals surface area contributed by atoms with Crippen LogP contribution in [-0.4, -0.2) is 57.3 Å². The van der Waals surface area contributed by atoms with Crippen LogP contribution in [0.3, 0.4) is 0 Å². The van der Waals surface area contributed by atoms with Crippen molar-refractivity contribution in [1.29, 1.82) is 0 Å². The molecule has 0 radical (unpaired) electrons. The van der Waals surface area contributed by atoms with Crippen LogP contribution in [-0.2, 0) is 16.1 Å². The number of rotatable bonds is 6. The third kappa shape index (κ3) is 4.14. The van der Waals surface area contributed by atoms with Gasteiger partial charge in [-0.25, -0.2) is 18.3 Å². The number of oxime groups is 1. The summed E-state index contributed by atoms with van der Waals surface area (Å²) in [5.74, 6) is -1.30. The van der Waals surface area contributed by atoms with Gasteiger partial charge in [0.15, 0.2) is 6.10 Å². The van der Waals surface area contributed by atoms with Crippen LogP contribution in [0.5, 0.6) is 0 Å². The van der Waals surface area contributed by atoms with Crippen molar-refractivity contribution in [3.63, 3.8) is 0 Å². The molecule has 1 N–H and O–H groups in total. The fraction of sp³-hybridized carbons (Fsp3) is 0.273. The van der Waals surface area contributed by atoms with Gasteiger partial charge in [0.05, 0.1) is 37.3 Å². The largest absolute Gasteiger partial charge is 0.442 e. The number of carbonyl (C=O) groups is 1. The summed E-state index contributed by atoms with van der Waals surface area (Å²) in [4.78, 5) is 18.7. The second kappa shape index (κ2) is 8.58. The number of anilines is 1. The molecule has 2 aliphatic heterocycles. The zero-order valence-electron chi connectivity index (χ0n) is 17.3. The molecule has 11 heteroatoms. The summed E-state index contributed by atoms with van der Waals surface area (Å²) in [5, 5.41) is 20.6. The van der Waals surface area contributed by atoms with Gasteiger partial charge in [0.1, 0.15) is 17.7 Å². The number of nitrogens with zero attached hydrogens (tertiary/aromatic N) is 5. The molecule has 5 rings (SSSR count). The van der Waals surface area contributed by atoms with Gasteiger partial charge >= 0.3 is 6.09 Å². The Kier molecular flexibility index (Phi) is 5.47. The SMILES string of the molecule is O=C1O[C@@H](Cn2ccnn2)CN1c1ccc(-c2ccc(C3=NOC(CO)C3)cc2F)c(F)c1. The molecule has 3 aromatic rings. The number of ether oxygens (including phenoxy) is 1. The van der Waals surface area contributed by atoms with E-state index in [1.807, 2.05) is 0 Å². The zero-order chi connectivity index (χ0) is 22.9. The maximum Gasteiger partial charge on any atom is 0.414 e. The second-order valence-corrected chi connectivity index (χ2v) is 7.75. The van der Waals surface area contributed by atoms with E-state index in [9.17, 15) is 13.6 Å². The van der Waals surface area contributed by atoms with Crippen molar-refractivity contribution in [3.05, 3.63) is 66.0 Å². The third-order valence-corrected chi connectivity index (χ3v) is 5.53. The van der Waals surface area contributed by atoms with Crippen molar-refractivity contribution in [2.24, 2.45) is 5.16 Å². The van der Waals surface area contributed by atoms with Gasteiger partial charge < -0.3 is 14.7 Å². The molecule has 1 fully saturated rings. The van der Waals surface area contributed by atoms with Crippen LogP contribution in [0, 0.1) is 11.6 Å². The Morgan fingerprint density at radius 1 is 1.09 bits per heavy atom. The Balaban J connectivity index is 1.33. The van der Waals surface area contributed by atoms with Crippen LogP contribution in [0.15, 0.2) is 53.9 Å². The number of aliphatic hydroxyl groups is 1. The smallest absolute Gasteiger partial charge is 0.414 e. The van der Waals surface area contributed by atoms with E-state index >= 15 is 0 Å². The number of aliphatic hydroxyl groups excluding tert-OH is 1. The summed E-state index contributed by atoms with van der Waals surface area (Å²) in [5.41, 5.74) is 1.47. The van der Waals surface area contributed by atoms with Crippen molar-refractivity contribution in [2.75, 3.05) is 18.1 Å². The molecule has 2 aromatic carbocycles. The molecule has 0 spiro atoms. The minimum absolute atomic E-state index is 0.0624. The highest BCUT2D eigenvalue weighted by molar-refractivity contribution is 6.01. The van der Waals surface area contributed by atoms with Gasteiger partial charge in [-0.2, -0.15) is 0 Å². The molecule has 0 bridgehead atoms. The summed E-state index contributed by atoms with van der Waals surface area (Å²) >= 11 is 0. The lowest BCUT2D eigenvalue weighted by atomic mass is 9.99.